The van der Waals surface area contributed by atoms with E-state index in [0.29, 0.717) is 6.61 Å². The van der Waals surface area contributed by atoms with Gasteiger partial charge in [-0.2, -0.15) is 0 Å². The smallest absolute Gasteiger partial charge is 0.322 e. The van der Waals surface area contributed by atoms with Gasteiger partial charge in [0.15, 0.2) is 0 Å². The Labute approximate surface area is 132 Å². The average molecular weight is 299 g/mol. The minimum absolute atomic E-state index is 0.283. The summed E-state index contributed by atoms with van der Waals surface area (Å²) in [5, 5.41) is 0. The van der Waals surface area contributed by atoms with Gasteiger partial charge in [-0.1, -0.05) is 84.0 Å². The molecule has 0 spiro atoms. The largest absolute Gasteiger partial charge is 0.465 e. The third kappa shape index (κ3) is 15.6. The molecule has 126 valence electrons. The van der Waals surface area contributed by atoms with Gasteiger partial charge in [-0.15, -0.1) is 0 Å². The Hall–Kier alpha value is -0.570. The minimum Gasteiger partial charge on any atom is -0.465 e. The molecule has 0 saturated heterocycles. The van der Waals surface area contributed by atoms with E-state index in [-0.39, 0.29) is 5.97 Å². The summed E-state index contributed by atoms with van der Waals surface area (Å²) in [5.41, 5.74) is 5.42. The van der Waals surface area contributed by atoms with Crippen molar-refractivity contribution in [3.8, 4) is 0 Å². The van der Waals surface area contributed by atoms with Gasteiger partial charge in [0, 0.05) is 0 Å². The standard InChI is InChI=1S/C18H37NO2/c1-3-4-5-6-7-8-9-10-11-12-13-14-15-16-21-18(20)17(2)19/h17H,3-16,19H2,1-2H3/t17-/m0/s1. The summed E-state index contributed by atoms with van der Waals surface area (Å²) >= 11 is 0. The second-order valence-electron chi connectivity index (χ2n) is 6.20. The van der Waals surface area contributed by atoms with Crippen LogP contribution >= 0.6 is 0 Å². The highest BCUT2D eigenvalue weighted by Gasteiger charge is 2.07. The topological polar surface area (TPSA) is 52.3 Å². The molecule has 0 bridgehead atoms. The molecule has 21 heavy (non-hydrogen) atoms. The Morgan fingerprint density at radius 1 is 0.810 bits per heavy atom. The van der Waals surface area contributed by atoms with Crippen molar-refractivity contribution < 1.29 is 9.53 Å². The van der Waals surface area contributed by atoms with Crippen LogP contribution < -0.4 is 5.73 Å². The molecule has 0 aliphatic rings. The average Bonchev–Trinajstić information content (AvgIpc) is 2.47. The van der Waals surface area contributed by atoms with Crippen molar-refractivity contribution in [1.82, 2.24) is 0 Å². The lowest BCUT2D eigenvalue weighted by atomic mass is 10.0. The predicted octanol–water partition coefficient (Wildman–Crippen LogP) is 4.97. The van der Waals surface area contributed by atoms with E-state index >= 15 is 0 Å². The predicted molar refractivity (Wildman–Crippen MR) is 90.3 cm³/mol. The van der Waals surface area contributed by atoms with Gasteiger partial charge in [-0.05, 0) is 13.3 Å². The Balaban J connectivity index is 3.04. The lowest BCUT2D eigenvalue weighted by Crippen LogP contribution is -2.28. The summed E-state index contributed by atoms with van der Waals surface area (Å²) in [7, 11) is 0. The quantitative estimate of drug-likeness (QED) is 0.343. The molecular formula is C18H37NO2. The Bertz CT molecular complexity index is 229. The molecule has 0 radical (unpaired) electrons. The van der Waals surface area contributed by atoms with Gasteiger partial charge in [-0.25, -0.2) is 0 Å². The van der Waals surface area contributed by atoms with E-state index in [4.69, 9.17) is 10.5 Å². The molecule has 0 aliphatic carbocycles. The fourth-order valence-electron chi connectivity index (χ4n) is 2.42. The van der Waals surface area contributed by atoms with Gasteiger partial charge in [0.1, 0.15) is 6.04 Å². The van der Waals surface area contributed by atoms with Crippen LogP contribution in [-0.4, -0.2) is 18.6 Å². The summed E-state index contributed by atoms with van der Waals surface area (Å²) in [6.45, 7) is 4.45. The summed E-state index contributed by atoms with van der Waals surface area (Å²) in [6.07, 6.45) is 17.3. The number of carbonyl (C=O) groups is 1. The molecule has 0 amide bonds. The summed E-state index contributed by atoms with van der Waals surface area (Å²) in [6, 6.07) is -0.494. The van der Waals surface area contributed by atoms with Crippen LogP contribution in [-0.2, 0) is 9.53 Å². The van der Waals surface area contributed by atoms with Crippen LogP contribution in [0.15, 0.2) is 0 Å². The van der Waals surface area contributed by atoms with Crippen LogP contribution in [0.5, 0.6) is 0 Å². The maximum absolute atomic E-state index is 11.1. The second-order valence-corrected chi connectivity index (χ2v) is 6.20. The van der Waals surface area contributed by atoms with E-state index in [0.717, 1.165) is 12.8 Å². The van der Waals surface area contributed by atoms with Crippen LogP contribution in [0.3, 0.4) is 0 Å². The van der Waals surface area contributed by atoms with Crippen LogP contribution in [0.1, 0.15) is 97.3 Å². The zero-order chi connectivity index (χ0) is 15.8. The molecule has 0 aromatic rings. The number of unbranched alkanes of at least 4 members (excludes halogenated alkanes) is 12. The first kappa shape index (κ1) is 20.4. The van der Waals surface area contributed by atoms with Gasteiger partial charge in [0.25, 0.3) is 0 Å². The molecule has 0 fully saturated rings. The number of hydrogen-bond acceptors (Lipinski definition) is 3. The molecular weight excluding hydrogens is 262 g/mol. The normalized spacial score (nSPS) is 12.3. The zero-order valence-corrected chi connectivity index (χ0v) is 14.4. The van der Waals surface area contributed by atoms with E-state index in [1.807, 2.05) is 0 Å². The molecule has 0 aromatic heterocycles. The van der Waals surface area contributed by atoms with Crippen LogP contribution in [0.2, 0.25) is 0 Å². The summed E-state index contributed by atoms with van der Waals surface area (Å²) < 4.78 is 5.04. The fraction of sp³-hybridized carbons (Fsp3) is 0.944. The number of carbonyl (C=O) groups excluding carboxylic acids is 1. The van der Waals surface area contributed by atoms with Crippen LogP contribution in [0.4, 0.5) is 0 Å². The number of rotatable bonds is 15. The van der Waals surface area contributed by atoms with Gasteiger partial charge < -0.3 is 10.5 Å². The van der Waals surface area contributed by atoms with Crippen molar-refractivity contribution in [3.63, 3.8) is 0 Å². The molecule has 0 saturated carbocycles. The van der Waals surface area contributed by atoms with E-state index in [1.165, 1.54) is 70.6 Å². The van der Waals surface area contributed by atoms with Gasteiger partial charge in [-0.3, -0.25) is 4.79 Å². The maximum atomic E-state index is 11.1. The fourth-order valence-corrected chi connectivity index (χ4v) is 2.42. The lowest BCUT2D eigenvalue weighted by molar-refractivity contribution is -0.144. The Morgan fingerprint density at radius 3 is 1.57 bits per heavy atom. The van der Waals surface area contributed by atoms with Gasteiger partial charge >= 0.3 is 5.97 Å². The number of ether oxygens (including phenoxy) is 1. The monoisotopic (exact) mass is 299 g/mol. The molecule has 2 N–H and O–H groups in total. The summed E-state index contributed by atoms with van der Waals surface area (Å²) in [5.74, 6) is -0.283. The van der Waals surface area contributed by atoms with Crippen molar-refractivity contribution in [2.75, 3.05) is 6.61 Å². The van der Waals surface area contributed by atoms with Crippen LogP contribution in [0, 0.1) is 0 Å². The highest BCUT2D eigenvalue weighted by molar-refractivity contribution is 5.74. The minimum atomic E-state index is -0.494. The van der Waals surface area contributed by atoms with Crippen molar-refractivity contribution in [2.45, 2.75) is 103 Å². The lowest BCUT2D eigenvalue weighted by Gasteiger charge is -2.06. The van der Waals surface area contributed by atoms with Gasteiger partial charge in [0.05, 0.1) is 6.61 Å². The van der Waals surface area contributed by atoms with E-state index in [1.54, 1.807) is 6.92 Å². The molecule has 0 aromatic carbocycles. The highest BCUT2D eigenvalue weighted by atomic mass is 16.5. The first-order valence-electron chi connectivity index (χ1n) is 9.10. The molecule has 3 nitrogen and oxygen atoms in total. The van der Waals surface area contributed by atoms with E-state index < -0.39 is 6.04 Å². The van der Waals surface area contributed by atoms with E-state index in [2.05, 4.69) is 6.92 Å². The SMILES string of the molecule is CCCCCCCCCCCCCCCOC(=O)[C@H](C)N. The van der Waals surface area contributed by atoms with Crippen molar-refractivity contribution in [2.24, 2.45) is 5.73 Å². The van der Waals surface area contributed by atoms with E-state index in [9.17, 15) is 4.79 Å². The first-order chi connectivity index (χ1) is 10.2. The van der Waals surface area contributed by atoms with Crippen molar-refractivity contribution >= 4 is 5.97 Å². The molecule has 0 rings (SSSR count). The third-order valence-corrected chi connectivity index (χ3v) is 3.86. The molecule has 3 heteroatoms. The van der Waals surface area contributed by atoms with Crippen LogP contribution in [0.25, 0.3) is 0 Å². The summed E-state index contributed by atoms with van der Waals surface area (Å²) in [4.78, 5) is 11.1. The number of esters is 1. The Morgan fingerprint density at radius 2 is 1.19 bits per heavy atom. The highest BCUT2D eigenvalue weighted by Crippen LogP contribution is 2.12. The molecule has 0 heterocycles. The molecule has 1 atom stereocenters. The Kier molecular flexibility index (Phi) is 15.4. The van der Waals surface area contributed by atoms with Gasteiger partial charge in [0.2, 0.25) is 0 Å². The second kappa shape index (κ2) is 15.8. The number of nitrogens with two attached hydrogens (primary N) is 1. The number of hydrogen-bond donors (Lipinski definition) is 1. The zero-order valence-electron chi connectivity index (χ0n) is 14.4. The third-order valence-electron chi connectivity index (χ3n) is 3.86. The van der Waals surface area contributed by atoms with Crippen molar-refractivity contribution in [1.29, 1.82) is 0 Å². The van der Waals surface area contributed by atoms with Crippen molar-refractivity contribution in [3.05, 3.63) is 0 Å². The molecule has 0 aliphatic heterocycles. The molecule has 0 unspecified atom stereocenters. The maximum Gasteiger partial charge on any atom is 0.322 e. The first-order valence-corrected chi connectivity index (χ1v) is 9.10.